The maximum absolute atomic E-state index is 14.4. The van der Waals surface area contributed by atoms with Crippen molar-refractivity contribution in [2.24, 2.45) is 10.8 Å². The van der Waals surface area contributed by atoms with Crippen LogP contribution in [0.3, 0.4) is 0 Å². The number of carboxylic acid groups (broad SMARTS) is 1. The standard InChI is InChI=1S/C26H31Cl2F3N4O4/c1-23(2,3)14-35(13-18(36)19-16(27)11-33-12-17(19)28)21(37)15(10-32)20(26(29,30)31)34-25-7-4-24(5-8-25,6-9-25)22(38)39/h10-12,32,34H,4-9,13-14H2,1-3H3,(H,38,39)/b20-15+,32-10?. The van der Waals surface area contributed by atoms with Crippen LogP contribution in [0.25, 0.3) is 0 Å². The van der Waals surface area contributed by atoms with Crippen LogP contribution in [0.1, 0.15) is 69.7 Å². The summed E-state index contributed by atoms with van der Waals surface area (Å²) in [6, 6.07) is 0. The summed E-state index contributed by atoms with van der Waals surface area (Å²) in [4.78, 5) is 43.2. The highest BCUT2D eigenvalue weighted by Gasteiger charge is 2.54. The first-order valence-corrected chi connectivity index (χ1v) is 13.1. The van der Waals surface area contributed by atoms with Gasteiger partial charge in [0.05, 0.1) is 33.1 Å². The van der Waals surface area contributed by atoms with E-state index in [1.807, 2.05) is 0 Å². The molecule has 3 saturated carbocycles. The van der Waals surface area contributed by atoms with Crippen LogP contribution < -0.4 is 5.32 Å². The number of carboxylic acids is 1. The van der Waals surface area contributed by atoms with Gasteiger partial charge in [-0.15, -0.1) is 0 Å². The van der Waals surface area contributed by atoms with Crippen molar-refractivity contribution in [3.8, 4) is 0 Å². The molecule has 8 nitrogen and oxygen atoms in total. The summed E-state index contributed by atoms with van der Waals surface area (Å²) in [5, 5.41) is 19.8. The number of allylic oxidation sites excluding steroid dienone is 1. The molecule has 13 heteroatoms. The number of hydrogen-bond acceptors (Lipinski definition) is 6. The van der Waals surface area contributed by atoms with Crippen LogP contribution in [0.5, 0.6) is 0 Å². The maximum Gasteiger partial charge on any atom is 0.431 e. The Morgan fingerprint density at radius 1 is 1.08 bits per heavy atom. The van der Waals surface area contributed by atoms with Gasteiger partial charge in [-0.1, -0.05) is 44.0 Å². The van der Waals surface area contributed by atoms with Crippen molar-refractivity contribution in [3.05, 3.63) is 39.3 Å². The van der Waals surface area contributed by atoms with Crippen LogP contribution in [0.15, 0.2) is 23.7 Å². The number of halogens is 5. The second-order valence-corrected chi connectivity index (χ2v) is 12.4. The quantitative estimate of drug-likeness (QED) is 0.193. The number of pyridine rings is 1. The number of aromatic nitrogens is 1. The molecule has 1 heterocycles. The molecule has 214 valence electrons. The maximum atomic E-state index is 14.4. The van der Waals surface area contributed by atoms with E-state index >= 15 is 0 Å². The molecule has 4 rings (SSSR count). The molecule has 1 aromatic rings. The molecule has 39 heavy (non-hydrogen) atoms. The molecule has 3 aliphatic rings. The van der Waals surface area contributed by atoms with Crippen molar-refractivity contribution >= 4 is 47.1 Å². The Bertz CT molecular complexity index is 1170. The normalized spacial score (nSPS) is 23.6. The number of nitrogens with one attached hydrogen (secondary N) is 2. The highest BCUT2D eigenvalue weighted by atomic mass is 35.5. The van der Waals surface area contributed by atoms with Crippen molar-refractivity contribution < 1.29 is 32.7 Å². The average molecular weight is 591 g/mol. The largest absolute Gasteiger partial charge is 0.481 e. The number of fused-ring (bicyclic) bond motifs is 3. The number of carbonyl (C=O) groups excluding carboxylic acids is 2. The summed E-state index contributed by atoms with van der Waals surface area (Å²) >= 11 is 12.2. The van der Waals surface area contributed by atoms with Gasteiger partial charge in [-0.2, -0.15) is 13.2 Å². The highest BCUT2D eigenvalue weighted by molar-refractivity contribution is 6.39. The minimum Gasteiger partial charge on any atom is -0.481 e. The van der Waals surface area contributed by atoms with Gasteiger partial charge in [0.15, 0.2) is 5.78 Å². The van der Waals surface area contributed by atoms with E-state index in [0.29, 0.717) is 6.21 Å². The Labute approximate surface area is 234 Å². The molecule has 0 radical (unpaired) electrons. The predicted molar refractivity (Wildman–Crippen MR) is 140 cm³/mol. The van der Waals surface area contributed by atoms with Crippen LogP contribution >= 0.6 is 23.2 Å². The van der Waals surface area contributed by atoms with Gasteiger partial charge < -0.3 is 20.7 Å². The van der Waals surface area contributed by atoms with E-state index in [4.69, 9.17) is 28.6 Å². The number of carbonyl (C=O) groups is 3. The number of nitrogens with zero attached hydrogens (tertiary/aromatic N) is 2. The molecule has 0 atom stereocenters. The van der Waals surface area contributed by atoms with Crippen LogP contribution in [0.4, 0.5) is 13.2 Å². The van der Waals surface area contributed by atoms with Gasteiger partial charge >= 0.3 is 12.1 Å². The third kappa shape index (κ3) is 6.74. The minimum absolute atomic E-state index is 0.0674. The number of rotatable bonds is 9. The van der Waals surface area contributed by atoms with Gasteiger partial charge in [0, 0.05) is 30.7 Å². The number of ketones is 1. The summed E-state index contributed by atoms with van der Waals surface area (Å²) in [5.74, 6) is -2.80. The topological polar surface area (TPSA) is 123 Å². The fourth-order valence-corrected chi connectivity index (χ4v) is 5.94. The Morgan fingerprint density at radius 3 is 2.00 bits per heavy atom. The first-order chi connectivity index (χ1) is 17.9. The van der Waals surface area contributed by atoms with E-state index in [-0.39, 0.29) is 60.7 Å². The number of alkyl halides is 3. The van der Waals surface area contributed by atoms with Crippen molar-refractivity contribution in [1.82, 2.24) is 15.2 Å². The molecule has 0 spiro atoms. The number of aliphatic carboxylic acids is 1. The van der Waals surface area contributed by atoms with Crippen molar-refractivity contribution in [1.29, 1.82) is 5.41 Å². The van der Waals surface area contributed by atoms with E-state index < -0.39 is 58.0 Å². The average Bonchev–Trinajstić information content (AvgIpc) is 2.83. The van der Waals surface area contributed by atoms with E-state index in [1.165, 1.54) is 12.4 Å². The Balaban J connectivity index is 2.00. The van der Waals surface area contributed by atoms with Crippen molar-refractivity contribution in [2.75, 3.05) is 13.1 Å². The molecule has 3 aliphatic carbocycles. The molecular formula is C26H31Cl2F3N4O4. The third-order valence-electron chi connectivity index (χ3n) is 7.44. The molecule has 0 aliphatic heterocycles. The van der Waals surface area contributed by atoms with Crippen LogP contribution in [0.2, 0.25) is 10.0 Å². The zero-order chi connectivity index (χ0) is 29.4. The fourth-order valence-electron chi connectivity index (χ4n) is 5.36. The lowest BCUT2D eigenvalue weighted by Crippen LogP contribution is -2.58. The van der Waals surface area contributed by atoms with Crippen LogP contribution in [0, 0.1) is 16.2 Å². The van der Waals surface area contributed by atoms with Gasteiger partial charge in [0.1, 0.15) is 5.70 Å². The molecule has 0 aromatic carbocycles. The number of hydrogen-bond donors (Lipinski definition) is 3. The fraction of sp³-hybridized carbons (Fsp3) is 0.577. The molecule has 3 N–H and O–H groups in total. The molecule has 2 bridgehead atoms. The van der Waals surface area contributed by atoms with E-state index in [2.05, 4.69) is 10.3 Å². The first kappa shape index (κ1) is 30.9. The summed E-state index contributed by atoms with van der Waals surface area (Å²) in [6.45, 7) is 4.51. The number of amides is 1. The Kier molecular flexibility index (Phi) is 8.77. The lowest BCUT2D eigenvalue weighted by atomic mass is 9.57. The number of Topliss-reactive ketones (excluding diaryl/α,β-unsaturated/α-hetero) is 1. The zero-order valence-electron chi connectivity index (χ0n) is 21.8. The molecule has 1 aromatic heterocycles. The van der Waals surface area contributed by atoms with Gasteiger partial charge in [0.2, 0.25) is 0 Å². The smallest absolute Gasteiger partial charge is 0.431 e. The first-order valence-electron chi connectivity index (χ1n) is 12.4. The molecule has 3 fully saturated rings. The monoisotopic (exact) mass is 590 g/mol. The summed E-state index contributed by atoms with van der Waals surface area (Å²) in [6.07, 6.45) is -1.11. The minimum atomic E-state index is -5.02. The van der Waals surface area contributed by atoms with Crippen molar-refractivity contribution in [2.45, 2.75) is 71.0 Å². The zero-order valence-corrected chi connectivity index (χ0v) is 23.4. The Morgan fingerprint density at radius 2 is 1.59 bits per heavy atom. The molecule has 0 saturated heterocycles. The summed E-state index contributed by atoms with van der Waals surface area (Å²) < 4.78 is 43.3. The third-order valence-corrected chi connectivity index (χ3v) is 8.01. The van der Waals surface area contributed by atoms with E-state index in [1.54, 1.807) is 20.8 Å². The van der Waals surface area contributed by atoms with E-state index in [9.17, 15) is 32.7 Å². The SMILES string of the molecule is CC(C)(C)CN(CC(=O)c1c(Cl)cncc1Cl)C(=O)/C(C=N)=C(/NC12CCC(C(=O)O)(CC1)CC2)C(F)(F)F. The second-order valence-electron chi connectivity index (χ2n) is 11.5. The molecule has 1 amide bonds. The Hall–Kier alpha value is -2.66. The van der Waals surface area contributed by atoms with Crippen LogP contribution in [-0.4, -0.2) is 63.7 Å². The lowest BCUT2D eigenvalue weighted by molar-refractivity contribution is -0.157. The molecular weight excluding hydrogens is 560 g/mol. The van der Waals surface area contributed by atoms with Gasteiger partial charge in [-0.05, 0) is 43.9 Å². The van der Waals surface area contributed by atoms with Gasteiger partial charge in [-0.25, -0.2) is 0 Å². The van der Waals surface area contributed by atoms with Crippen molar-refractivity contribution in [3.63, 3.8) is 0 Å². The second kappa shape index (κ2) is 11.1. The van der Waals surface area contributed by atoms with E-state index in [0.717, 1.165) is 4.90 Å². The lowest BCUT2D eigenvalue weighted by Gasteiger charge is -2.52. The summed E-state index contributed by atoms with van der Waals surface area (Å²) in [5.41, 5.74) is -5.04. The molecule has 0 unspecified atom stereocenters. The van der Waals surface area contributed by atoms with Gasteiger partial charge in [-0.3, -0.25) is 19.4 Å². The van der Waals surface area contributed by atoms with Gasteiger partial charge in [0.25, 0.3) is 5.91 Å². The predicted octanol–water partition coefficient (Wildman–Crippen LogP) is 5.68. The van der Waals surface area contributed by atoms with Crippen LogP contribution in [-0.2, 0) is 9.59 Å². The highest BCUT2D eigenvalue weighted by Crippen LogP contribution is 2.53. The summed E-state index contributed by atoms with van der Waals surface area (Å²) in [7, 11) is 0.